The number of aryl methyl sites for hydroxylation is 2. The number of carbonyl (C=O) groups is 2. The molecule has 2 amide bonds. The van der Waals surface area contributed by atoms with Gasteiger partial charge in [-0.25, -0.2) is 12.8 Å². The number of carbonyl (C=O) groups excluding carboxylic acids is 2. The lowest BCUT2D eigenvalue weighted by Gasteiger charge is -2.22. The van der Waals surface area contributed by atoms with Crippen LogP contribution in [0.5, 0.6) is 0 Å². The summed E-state index contributed by atoms with van der Waals surface area (Å²) in [5, 5.41) is 5.46. The number of benzene rings is 3. The van der Waals surface area contributed by atoms with E-state index in [1.807, 2.05) is 38.1 Å². The van der Waals surface area contributed by atoms with Gasteiger partial charge in [0.25, 0.3) is 0 Å². The van der Waals surface area contributed by atoms with Crippen molar-refractivity contribution >= 4 is 33.2 Å². The summed E-state index contributed by atoms with van der Waals surface area (Å²) >= 11 is 0. The van der Waals surface area contributed by atoms with Crippen molar-refractivity contribution in [1.82, 2.24) is 4.31 Å². The van der Waals surface area contributed by atoms with Crippen LogP contribution in [-0.2, 0) is 32.5 Å². The van der Waals surface area contributed by atoms with E-state index in [4.69, 9.17) is 0 Å². The van der Waals surface area contributed by atoms with Gasteiger partial charge in [0.1, 0.15) is 5.82 Å². The third-order valence-corrected chi connectivity index (χ3v) is 7.24. The number of hydrogen-bond acceptors (Lipinski definition) is 4. The molecule has 0 aliphatic rings. The fraction of sp³-hybridized carbons (Fsp3) is 0.231. The van der Waals surface area contributed by atoms with E-state index in [1.54, 1.807) is 24.3 Å². The van der Waals surface area contributed by atoms with Crippen molar-refractivity contribution in [1.29, 1.82) is 0 Å². The van der Waals surface area contributed by atoms with Gasteiger partial charge in [0.2, 0.25) is 21.8 Å². The van der Waals surface area contributed by atoms with Crippen molar-refractivity contribution in [3.63, 3.8) is 0 Å². The van der Waals surface area contributed by atoms with Crippen LogP contribution < -0.4 is 10.6 Å². The third-order valence-electron chi connectivity index (χ3n) is 5.44. The Bertz CT molecular complexity index is 1230. The Hall–Kier alpha value is -3.56. The zero-order valence-corrected chi connectivity index (χ0v) is 20.4. The highest BCUT2D eigenvalue weighted by Gasteiger charge is 2.29. The molecule has 0 heterocycles. The summed E-state index contributed by atoms with van der Waals surface area (Å²) in [6.07, 6.45) is 1.35. The van der Waals surface area contributed by atoms with Crippen LogP contribution >= 0.6 is 0 Å². The van der Waals surface area contributed by atoms with Gasteiger partial charge < -0.3 is 10.6 Å². The highest BCUT2D eigenvalue weighted by atomic mass is 32.2. The number of para-hydroxylation sites is 2. The second kappa shape index (κ2) is 11.7. The van der Waals surface area contributed by atoms with Crippen LogP contribution in [0.25, 0.3) is 0 Å². The van der Waals surface area contributed by atoms with Crippen LogP contribution in [0.4, 0.5) is 15.8 Å². The summed E-state index contributed by atoms with van der Waals surface area (Å²) in [5.41, 5.74) is 2.92. The van der Waals surface area contributed by atoms with E-state index in [-0.39, 0.29) is 4.90 Å². The van der Waals surface area contributed by atoms with Gasteiger partial charge in [-0.2, -0.15) is 4.31 Å². The van der Waals surface area contributed by atoms with Crippen molar-refractivity contribution < 1.29 is 22.4 Å². The van der Waals surface area contributed by atoms with Gasteiger partial charge in [0.05, 0.1) is 18.0 Å². The summed E-state index contributed by atoms with van der Waals surface area (Å²) < 4.78 is 40.8. The first-order chi connectivity index (χ1) is 16.7. The standard InChI is InChI=1S/C26H28FN3O4S/c1-3-19-9-5-7-11-23(19)28-25(31)17-30(35(33,34)22-15-13-21(27)14-16-22)18-26(32)29-24-12-8-6-10-20(24)4-2/h5-16H,3-4,17-18H2,1-2H3,(H,28,31)(H,29,32). The first-order valence-corrected chi connectivity index (χ1v) is 12.7. The molecule has 0 fully saturated rings. The Morgan fingerprint density at radius 3 is 1.60 bits per heavy atom. The van der Waals surface area contributed by atoms with Gasteiger partial charge in [-0.05, 0) is 60.4 Å². The highest BCUT2D eigenvalue weighted by Crippen LogP contribution is 2.20. The van der Waals surface area contributed by atoms with Crippen molar-refractivity contribution in [2.45, 2.75) is 31.6 Å². The minimum Gasteiger partial charge on any atom is -0.325 e. The van der Waals surface area contributed by atoms with E-state index >= 15 is 0 Å². The van der Waals surface area contributed by atoms with E-state index in [9.17, 15) is 22.4 Å². The third kappa shape index (κ3) is 6.74. The predicted octanol–water partition coefficient (Wildman–Crippen LogP) is 4.22. The molecule has 0 aliphatic carbocycles. The van der Waals surface area contributed by atoms with Crippen molar-refractivity contribution in [2.75, 3.05) is 23.7 Å². The average molecular weight is 498 g/mol. The van der Waals surface area contributed by atoms with Gasteiger partial charge in [-0.1, -0.05) is 50.2 Å². The van der Waals surface area contributed by atoms with Gasteiger partial charge in [0, 0.05) is 11.4 Å². The van der Waals surface area contributed by atoms with Gasteiger partial charge in [-0.3, -0.25) is 9.59 Å². The molecule has 3 rings (SSSR count). The second-order valence-corrected chi connectivity index (χ2v) is 9.78. The van der Waals surface area contributed by atoms with Crippen LogP contribution in [0, 0.1) is 5.82 Å². The normalized spacial score (nSPS) is 11.3. The van der Waals surface area contributed by atoms with Crippen LogP contribution in [0.2, 0.25) is 0 Å². The Morgan fingerprint density at radius 2 is 1.17 bits per heavy atom. The smallest absolute Gasteiger partial charge is 0.244 e. The number of nitrogens with zero attached hydrogens (tertiary/aromatic N) is 1. The summed E-state index contributed by atoms with van der Waals surface area (Å²) in [4.78, 5) is 25.5. The zero-order valence-electron chi connectivity index (χ0n) is 19.6. The minimum absolute atomic E-state index is 0.220. The molecule has 0 spiro atoms. The molecule has 0 saturated carbocycles. The highest BCUT2D eigenvalue weighted by molar-refractivity contribution is 7.89. The largest absolute Gasteiger partial charge is 0.325 e. The molecular weight excluding hydrogens is 469 g/mol. The molecule has 0 aromatic heterocycles. The molecule has 0 unspecified atom stereocenters. The topological polar surface area (TPSA) is 95.6 Å². The molecule has 0 aliphatic heterocycles. The van der Waals surface area contributed by atoms with Crippen LogP contribution in [0.1, 0.15) is 25.0 Å². The monoisotopic (exact) mass is 497 g/mol. The molecule has 0 radical (unpaired) electrons. The van der Waals surface area contributed by atoms with Crippen molar-refractivity contribution in [3.8, 4) is 0 Å². The van der Waals surface area contributed by atoms with E-state index in [0.717, 1.165) is 39.7 Å². The van der Waals surface area contributed by atoms with Gasteiger partial charge in [-0.15, -0.1) is 0 Å². The summed E-state index contributed by atoms with van der Waals surface area (Å²) in [6, 6.07) is 18.6. The Morgan fingerprint density at radius 1 is 0.743 bits per heavy atom. The molecular formula is C26H28FN3O4S. The van der Waals surface area contributed by atoms with Gasteiger partial charge in [0.15, 0.2) is 0 Å². The number of amides is 2. The lowest BCUT2D eigenvalue weighted by atomic mass is 10.1. The maximum absolute atomic E-state index is 13.4. The number of hydrogen-bond donors (Lipinski definition) is 2. The SMILES string of the molecule is CCc1ccccc1NC(=O)CN(CC(=O)Nc1ccccc1CC)S(=O)(=O)c1ccc(F)cc1. The van der Waals surface area contributed by atoms with E-state index in [2.05, 4.69) is 10.6 Å². The van der Waals surface area contributed by atoms with E-state index < -0.39 is 40.7 Å². The summed E-state index contributed by atoms with van der Waals surface area (Å²) in [7, 11) is -4.28. The van der Waals surface area contributed by atoms with Gasteiger partial charge >= 0.3 is 0 Å². The Kier molecular flexibility index (Phi) is 8.73. The van der Waals surface area contributed by atoms with Crippen LogP contribution in [0.15, 0.2) is 77.7 Å². The van der Waals surface area contributed by atoms with E-state index in [0.29, 0.717) is 24.2 Å². The van der Waals surface area contributed by atoms with Crippen LogP contribution in [-0.4, -0.2) is 37.6 Å². The molecule has 2 N–H and O–H groups in total. The lowest BCUT2D eigenvalue weighted by molar-refractivity contribution is -0.118. The number of nitrogens with one attached hydrogen (secondary N) is 2. The van der Waals surface area contributed by atoms with Crippen molar-refractivity contribution in [2.24, 2.45) is 0 Å². The lowest BCUT2D eigenvalue weighted by Crippen LogP contribution is -2.42. The Balaban J connectivity index is 1.85. The molecule has 0 bridgehead atoms. The summed E-state index contributed by atoms with van der Waals surface area (Å²) in [6.45, 7) is 2.69. The molecule has 9 heteroatoms. The minimum atomic E-state index is -4.28. The summed E-state index contributed by atoms with van der Waals surface area (Å²) in [5.74, 6) is -1.80. The number of halogens is 1. The number of rotatable bonds is 10. The molecule has 3 aromatic carbocycles. The van der Waals surface area contributed by atoms with E-state index in [1.165, 1.54) is 0 Å². The second-order valence-electron chi connectivity index (χ2n) is 7.84. The fourth-order valence-corrected chi connectivity index (χ4v) is 4.94. The number of anilines is 2. The molecule has 184 valence electrons. The average Bonchev–Trinajstić information content (AvgIpc) is 2.84. The zero-order chi connectivity index (χ0) is 25.4. The Labute approximate surface area is 205 Å². The number of sulfonamides is 1. The maximum atomic E-state index is 13.4. The first kappa shape index (κ1) is 26.1. The first-order valence-electron chi connectivity index (χ1n) is 11.3. The molecule has 0 saturated heterocycles. The maximum Gasteiger partial charge on any atom is 0.244 e. The molecule has 35 heavy (non-hydrogen) atoms. The fourth-order valence-electron chi connectivity index (χ4n) is 3.58. The molecule has 0 atom stereocenters. The quantitative estimate of drug-likeness (QED) is 0.439. The van der Waals surface area contributed by atoms with Crippen LogP contribution in [0.3, 0.4) is 0 Å². The predicted molar refractivity (Wildman–Crippen MR) is 134 cm³/mol. The van der Waals surface area contributed by atoms with Crippen molar-refractivity contribution in [3.05, 3.63) is 89.7 Å². The molecule has 7 nitrogen and oxygen atoms in total. The molecule has 3 aromatic rings.